The Kier molecular flexibility index (Phi) is 4.41. The van der Waals surface area contributed by atoms with E-state index in [-0.39, 0.29) is 18.2 Å². The van der Waals surface area contributed by atoms with Gasteiger partial charge in [0.25, 0.3) is 0 Å². The number of nitrogens with zero attached hydrogens (tertiary/aromatic N) is 2. The second-order valence-corrected chi connectivity index (χ2v) is 6.73. The van der Waals surface area contributed by atoms with Gasteiger partial charge in [-0.05, 0) is 6.42 Å². The first-order chi connectivity index (χ1) is 7.42. The van der Waals surface area contributed by atoms with Crippen LogP contribution in [0.1, 0.15) is 23.2 Å². The van der Waals surface area contributed by atoms with E-state index in [2.05, 4.69) is 4.98 Å². The second-order valence-electron chi connectivity index (χ2n) is 3.53. The molecule has 1 aromatic heterocycles. The van der Waals surface area contributed by atoms with Crippen LogP contribution in [-0.4, -0.2) is 25.4 Å². The molecule has 7 heteroatoms. The Hall–Kier alpha value is -0.970. The number of aromatic nitrogens is 1. The molecule has 1 heterocycles. The van der Waals surface area contributed by atoms with Crippen molar-refractivity contribution < 1.29 is 8.42 Å². The monoisotopic (exact) mass is 259 g/mol. The summed E-state index contributed by atoms with van der Waals surface area (Å²) in [5.41, 5.74) is 6.47. The largest absolute Gasteiger partial charge is 0.323 e. The first kappa shape index (κ1) is 13.1. The third kappa shape index (κ3) is 4.26. The van der Waals surface area contributed by atoms with Crippen molar-refractivity contribution in [2.75, 3.05) is 12.0 Å². The maximum absolute atomic E-state index is 11.0. The van der Waals surface area contributed by atoms with Crippen molar-refractivity contribution in [3.63, 3.8) is 0 Å². The summed E-state index contributed by atoms with van der Waals surface area (Å²) in [6, 6.07) is 1.63. The summed E-state index contributed by atoms with van der Waals surface area (Å²) in [6.45, 7) is 0. The van der Waals surface area contributed by atoms with Crippen molar-refractivity contribution in [2.45, 2.75) is 18.9 Å². The van der Waals surface area contributed by atoms with Gasteiger partial charge in [0.05, 0.1) is 23.9 Å². The molecule has 5 nitrogen and oxygen atoms in total. The zero-order valence-electron chi connectivity index (χ0n) is 8.88. The van der Waals surface area contributed by atoms with Crippen LogP contribution in [-0.2, 0) is 16.3 Å². The lowest BCUT2D eigenvalue weighted by Crippen LogP contribution is -2.16. The molecule has 1 unspecified atom stereocenters. The maximum atomic E-state index is 11.0. The van der Waals surface area contributed by atoms with E-state index < -0.39 is 9.84 Å². The van der Waals surface area contributed by atoms with Crippen LogP contribution >= 0.6 is 11.3 Å². The van der Waals surface area contributed by atoms with E-state index >= 15 is 0 Å². The van der Waals surface area contributed by atoms with Crippen molar-refractivity contribution in [1.29, 1.82) is 5.26 Å². The van der Waals surface area contributed by atoms with Crippen molar-refractivity contribution in [2.24, 2.45) is 5.73 Å². The fraction of sp³-hybridized carbons (Fsp3) is 0.556. The molecule has 16 heavy (non-hydrogen) atoms. The van der Waals surface area contributed by atoms with Gasteiger partial charge < -0.3 is 5.73 Å². The Balaban J connectivity index is 2.59. The van der Waals surface area contributed by atoms with Gasteiger partial charge in [0.15, 0.2) is 0 Å². The van der Waals surface area contributed by atoms with Crippen LogP contribution in [0.3, 0.4) is 0 Å². The summed E-state index contributed by atoms with van der Waals surface area (Å²) in [5, 5.41) is 11.0. The fourth-order valence-electron chi connectivity index (χ4n) is 1.13. The molecule has 0 saturated carbocycles. The number of hydrogen-bond acceptors (Lipinski definition) is 6. The zero-order valence-corrected chi connectivity index (χ0v) is 10.5. The molecule has 0 amide bonds. The number of hydrogen-bond donors (Lipinski definition) is 1. The Bertz CT molecular complexity index is 487. The van der Waals surface area contributed by atoms with Crippen LogP contribution in [0.25, 0.3) is 0 Å². The number of thiazole rings is 1. The van der Waals surface area contributed by atoms with Gasteiger partial charge in [0.2, 0.25) is 0 Å². The van der Waals surface area contributed by atoms with E-state index in [1.165, 1.54) is 17.6 Å². The first-order valence-corrected chi connectivity index (χ1v) is 7.61. The lowest BCUT2D eigenvalue weighted by atomic mass is 10.2. The predicted molar refractivity (Wildman–Crippen MR) is 62.7 cm³/mol. The first-order valence-electron chi connectivity index (χ1n) is 4.67. The van der Waals surface area contributed by atoms with Gasteiger partial charge >= 0.3 is 0 Å². The molecule has 0 aliphatic heterocycles. The molecule has 0 aliphatic rings. The SMILES string of the molecule is CS(=O)(=O)CCC(N)c1csc(CC#N)n1. The highest BCUT2D eigenvalue weighted by Crippen LogP contribution is 2.18. The van der Waals surface area contributed by atoms with E-state index in [0.717, 1.165) is 0 Å². The summed E-state index contributed by atoms with van der Waals surface area (Å²) >= 11 is 1.37. The predicted octanol–water partition coefficient (Wildman–Crippen LogP) is 0.644. The summed E-state index contributed by atoms with van der Waals surface area (Å²) in [4.78, 5) is 4.18. The molecular weight excluding hydrogens is 246 g/mol. The van der Waals surface area contributed by atoms with Gasteiger partial charge in [-0.2, -0.15) is 5.26 Å². The summed E-state index contributed by atoms with van der Waals surface area (Å²) in [5.74, 6) is 0.0548. The fourth-order valence-corrected chi connectivity index (χ4v) is 2.61. The minimum Gasteiger partial charge on any atom is -0.323 e. The highest BCUT2D eigenvalue weighted by atomic mass is 32.2. The van der Waals surface area contributed by atoms with Crippen molar-refractivity contribution >= 4 is 21.2 Å². The molecule has 1 rings (SSSR count). The van der Waals surface area contributed by atoms with Crippen LogP contribution < -0.4 is 5.73 Å². The molecular formula is C9H13N3O2S2. The Morgan fingerprint density at radius 1 is 1.69 bits per heavy atom. The van der Waals surface area contributed by atoms with Gasteiger partial charge in [-0.3, -0.25) is 0 Å². The second kappa shape index (κ2) is 5.39. The van der Waals surface area contributed by atoms with Crippen molar-refractivity contribution in [1.82, 2.24) is 4.98 Å². The average molecular weight is 259 g/mol. The molecule has 0 saturated heterocycles. The standard InChI is InChI=1S/C9H13N3O2S2/c1-16(13,14)5-3-7(11)8-6-15-9(12-8)2-4-10/h6-7H,2-3,5,11H2,1H3. The highest BCUT2D eigenvalue weighted by molar-refractivity contribution is 7.90. The van der Waals surface area contributed by atoms with Gasteiger partial charge in [-0.25, -0.2) is 13.4 Å². The van der Waals surface area contributed by atoms with E-state index in [9.17, 15) is 8.42 Å². The summed E-state index contributed by atoms with van der Waals surface area (Å²) in [7, 11) is -2.99. The van der Waals surface area contributed by atoms with E-state index in [4.69, 9.17) is 11.0 Å². The number of rotatable bonds is 5. The number of nitriles is 1. The van der Waals surface area contributed by atoms with Gasteiger partial charge in [-0.1, -0.05) is 0 Å². The molecule has 0 fully saturated rings. The van der Waals surface area contributed by atoms with Gasteiger partial charge in [-0.15, -0.1) is 11.3 Å². The minimum absolute atomic E-state index is 0.0548. The average Bonchev–Trinajstić information content (AvgIpc) is 2.62. The number of nitrogens with two attached hydrogens (primary N) is 1. The Morgan fingerprint density at radius 2 is 2.38 bits per heavy atom. The third-order valence-electron chi connectivity index (χ3n) is 1.98. The Morgan fingerprint density at radius 3 is 2.94 bits per heavy atom. The van der Waals surface area contributed by atoms with Crippen LogP contribution in [0.4, 0.5) is 0 Å². The smallest absolute Gasteiger partial charge is 0.147 e. The number of sulfone groups is 1. The molecule has 0 radical (unpaired) electrons. The van der Waals surface area contributed by atoms with Crippen LogP contribution in [0.15, 0.2) is 5.38 Å². The molecule has 0 bridgehead atoms. The van der Waals surface area contributed by atoms with Crippen LogP contribution in [0.2, 0.25) is 0 Å². The molecule has 0 spiro atoms. The van der Waals surface area contributed by atoms with E-state index in [0.29, 0.717) is 17.1 Å². The summed E-state index contributed by atoms with van der Waals surface area (Å²) in [6.07, 6.45) is 1.81. The van der Waals surface area contributed by atoms with Crippen LogP contribution in [0.5, 0.6) is 0 Å². The molecule has 2 N–H and O–H groups in total. The molecule has 1 aromatic rings. The third-order valence-corrected chi connectivity index (χ3v) is 3.82. The van der Waals surface area contributed by atoms with Crippen molar-refractivity contribution in [3.05, 3.63) is 16.1 Å². The van der Waals surface area contributed by atoms with Gasteiger partial charge in [0, 0.05) is 17.7 Å². The molecule has 0 aromatic carbocycles. The van der Waals surface area contributed by atoms with E-state index in [1.807, 2.05) is 6.07 Å². The minimum atomic E-state index is -2.99. The lowest BCUT2D eigenvalue weighted by Gasteiger charge is -2.06. The zero-order chi connectivity index (χ0) is 12.2. The van der Waals surface area contributed by atoms with E-state index in [1.54, 1.807) is 5.38 Å². The molecule has 0 aliphatic carbocycles. The lowest BCUT2D eigenvalue weighted by molar-refractivity contribution is 0.590. The normalized spacial score (nSPS) is 13.3. The van der Waals surface area contributed by atoms with Crippen molar-refractivity contribution in [3.8, 4) is 6.07 Å². The quantitative estimate of drug-likeness (QED) is 0.837. The summed E-state index contributed by atoms with van der Waals surface area (Å²) < 4.78 is 21.9. The Labute approximate surface area is 98.8 Å². The highest BCUT2D eigenvalue weighted by Gasteiger charge is 2.13. The molecule has 1 atom stereocenters. The van der Waals surface area contributed by atoms with Crippen LogP contribution in [0, 0.1) is 11.3 Å². The topological polar surface area (TPSA) is 96.8 Å². The molecule has 88 valence electrons. The maximum Gasteiger partial charge on any atom is 0.147 e. The van der Waals surface area contributed by atoms with Gasteiger partial charge in [0.1, 0.15) is 14.8 Å².